The van der Waals surface area contributed by atoms with Crippen LogP contribution in [0.4, 0.5) is 0 Å². The molecule has 2 aromatic rings. The molecule has 0 aliphatic carbocycles. The van der Waals surface area contributed by atoms with E-state index >= 15 is 0 Å². The molecule has 2 rings (SSSR count). The normalized spacial score (nSPS) is 11.8. The average Bonchev–Trinajstić information content (AvgIpc) is 2.52. The average molecular weight is 288 g/mol. The molecule has 0 fully saturated rings. The van der Waals surface area contributed by atoms with Crippen LogP contribution < -0.4 is 19.9 Å². The van der Waals surface area contributed by atoms with Gasteiger partial charge in [0.1, 0.15) is 18.1 Å². The van der Waals surface area contributed by atoms with Crippen LogP contribution in [0.1, 0.15) is 24.2 Å². The summed E-state index contributed by atoms with van der Waals surface area (Å²) < 4.78 is 16.3. The van der Waals surface area contributed by atoms with E-state index in [0.29, 0.717) is 23.8 Å². The third-order valence-corrected chi connectivity index (χ3v) is 3.13. The van der Waals surface area contributed by atoms with Crippen molar-refractivity contribution in [3.05, 3.63) is 47.8 Å². The third kappa shape index (κ3) is 3.64. The zero-order valence-electron chi connectivity index (χ0n) is 12.5. The van der Waals surface area contributed by atoms with E-state index in [0.717, 1.165) is 11.3 Å². The predicted octanol–water partition coefficient (Wildman–Crippen LogP) is 2.70. The first-order valence-electron chi connectivity index (χ1n) is 6.70. The van der Waals surface area contributed by atoms with Crippen LogP contribution in [0.2, 0.25) is 0 Å². The summed E-state index contributed by atoms with van der Waals surface area (Å²) in [5.74, 6) is 1.97. The summed E-state index contributed by atoms with van der Waals surface area (Å²) in [6.07, 6.45) is 1.67. The van der Waals surface area contributed by atoms with Gasteiger partial charge in [-0.1, -0.05) is 12.1 Å². The van der Waals surface area contributed by atoms with Crippen LogP contribution in [0.25, 0.3) is 0 Å². The Kier molecular flexibility index (Phi) is 5.00. The smallest absolute Gasteiger partial charge is 0.185 e. The number of ether oxygens (including phenoxy) is 3. The molecule has 0 bridgehead atoms. The van der Waals surface area contributed by atoms with Crippen molar-refractivity contribution in [1.29, 1.82) is 0 Å². The van der Waals surface area contributed by atoms with Crippen molar-refractivity contribution in [3.8, 4) is 17.2 Å². The van der Waals surface area contributed by atoms with Crippen molar-refractivity contribution in [2.75, 3.05) is 14.2 Å². The third-order valence-electron chi connectivity index (χ3n) is 3.13. The zero-order valence-corrected chi connectivity index (χ0v) is 12.5. The van der Waals surface area contributed by atoms with Gasteiger partial charge in [0, 0.05) is 18.3 Å². The van der Waals surface area contributed by atoms with Crippen molar-refractivity contribution < 1.29 is 14.2 Å². The van der Waals surface area contributed by atoms with E-state index in [9.17, 15) is 0 Å². The molecule has 0 amide bonds. The first-order valence-corrected chi connectivity index (χ1v) is 6.70. The number of pyridine rings is 1. The Labute approximate surface area is 124 Å². The lowest BCUT2D eigenvalue weighted by atomic mass is 10.1. The van der Waals surface area contributed by atoms with E-state index in [-0.39, 0.29) is 6.04 Å². The van der Waals surface area contributed by atoms with Crippen molar-refractivity contribution >= 4 is 0 Å². The monoisotopic (exact) mass is 288 g/mol. The fraction of sp³-hybridized carbons (Fsp3) is 0.312. The Balaban J connectivity index is 2.15. The Bertz CT molecular complexity index is 600. The summed E-state index contributed by atoms with van der Waals surface area (Å²) in [6, 6.07) is 9.43. The summed E-state index contributed by atoms with van der Waals surface area (Å²) in [5.41, 5.74) is 7.58. The number of hydrogen-bond acceptors (Lipinski definition) is 5. The molecule has 5 nitrogen and oxygen atoms in total. The van der Waals surface area contributed by atoms with Gasteiger partial charge >= 0.3 is 0 Å². The van der Waals surface area contributed by atoms with Crippen LogP contribution in [0, 0.1) is 0 Å². The molecular weight excluding hydrogens is 268 g/mol. The summed E-state index contributed by atoms with van der Waals surface area (Å²) >= 11 is 0. The predicted molar refractivity (Wildman–Crippen MR) is 80.7 cm³/mol. The van der Waals surface area contributed by atoms with Crippen LogP contribution in [-0.2, 0) is 6.61 Å². The van der Waals surface area contributed by atoms with E-state index < -0.39 is 0 Å². The number of aromatic nitrogens is 1. The second-order valence-electron chi connectivity index (χ2n) is 4.64. The number of rotatable bonds is 6. The van der Waals surface area contributed by atoms with Gasteiger partial charge in [-0.25, -0.2) is 0 Å². The van der Waals surface area contributed by atoms with Gasteiger partial charge in [0.15, 0.2) is 11.5 Å². The maximum atomic E-state index is 5.87. The fourth-order valence-corrected chi connectivity index (χ4v) is 1.99. The van der Waals surface area contributed by atoms with Gasteiger partial charge < -0.3 is 19.9 Å². The lowest BCUT2D eigenvalue weighted by Gasteiger charge is -2.13. The molecule has 0 unspecified atom stereocenters. The molecule has 1 aromatic heterocycles. The molecule has 0 saturated carbocycles. The maximum absolute atomic E-state index is 5.87. The van der Waals surface area contributed by atoms with E-state index in [1.54, 1.807) is 26.5 Å². The number of nitrogens with zero attached hydrogens (tertiary/aromatic N) is 1. The molecule has 0 radical (unpaired) electrons. The SMILES string of the molecule is COc1ccnc(COc2cccc([C@H](C)N)c2)c1OC. The van der Waals surface area contributed by atoms with Crippen molar-refractivity contribution in [2.24, 2.45) is 5.73 Å². The highest BCUT2D eigenvalue weighted by molar-refractivity contribution is 5.42. The van der Waals surface area contributed by atoms with Gasteiger partial charge in [0.2, 0.25) is 0 Å². The Morgan fingerprint density at radius 3 is 2.67 bits per heavy atom. The molecule has 0 spiro atoms. The minimum Gasteiger partial charge on any atom is -0.493 e. The minimum atomic E-state index is -0.0296. The highest BCUT2D eigenvalue weighted by atomic mass is 16.5. The van der Waals surface area contributed by atoms with E-state index in [4.69, 9.17) is 19.9 Å². The first-order chi connectivity index (χ1) is 10.2. The number of hydrogen-bond donors (Lipinski definition) is 1. The van der Waals surface area contributed by atoms with Gasteiger partial charge in [-0.05, 0) is 24.6 Å². The first kappa shape index (κ1) is 15.1. The molecule has 112 valence electrons. The summed E-state index contributed by atoms with van der Waals surface area (Å²) in [7, 11) is 3.17. The van der Waals surface area contributed by atoms with Crippen molar-refractivity contribution in [1.82, 2.24) is 4.98 Å². The minimum absolute atomic E-state index is 0.0296. The van der Waals surface area contributed by atoms with Crippen LogP contribution in [0.3, 0.4) is 0 Å². The topological polar surface area (TPSA) is 66.6 Å². The second-order valence-corrected chi connectivity index (χ2v) is 4.64. The Morgan fingerprint density at radius 2 is 2.00 bits per heavy atom. The second kappa shape index (κ2) is 6.95. The zero-order chi connectivity index (χ0) is 15.2. The van der Waals surface area contributed by atoms with Crippen LogP contribution in [-0.4, -0.2) is 19.2 Å². The van der Waals surface area contributed by atoms with E-state index in [1.165, 1.54) is 0 Å². The molecule has 5 heteroatoms. The largest absolute Gasteiger partial charge is 0.493 e. The molecule has 21 heavy (non-hydrogen) atoms. The lowest BCUT2D eigenvalue weighted by Crippen LogP contribution is -2.06. The molecule has 1 heterocycles. The molecular formula is C16H20N2O3. The Hall–Kier alpha value is -2.27. The number of methoxy groups -OCH3 is 2. The highest BCUT2D eigenvalue weighted by Crippen LogP contribution is 2.30. The van der Waals surface area contributed by atoms with Crippen molar-refractivity contribution in [3.63, 3.8) is 0 Å². The molecule has 0 aliphatic heterocycles. The summed E-state index contributed by atoms with van der Waals surface area (Å²) in [5, 5.41) is 0. The highest BCUT2D eigenvalue weighted by Gasteiger charge is 2.11. The van der Waals surface area contributed by atoms with Gasteiger partial charge in [-0.3, -0.25) is 4.98 Å². The van der Waals surface area contributed by atoms with Gasteiger partial charge in [0.05, 0.1) is 14.2 Å². The molecule has 0 saturated heterocycles. The fourth-order valence-electron chi connectivity index (χ4n) is 1.99. The molecule has 2 N–H and O–H groups in total. The van der Waals surface area contributed by atoms with Gasteiger partial charge in [0.25, 0.3) is 0 Å². The van der Waals surface area contributed by atoms with Crippen LogP contribution in [0.15, 0.2) is 36.5 Å². The van der Waals surface area contributed by atoms with Crippen molar-refractivity contribution in [2.45, 2.75) is 19.6 Å². The van der Waals surface area contributed by atoms with E-state index in [2.05, 4.69) is 4.98 Å². The molecule has 0 aliphatic rings. The van der Waals surface area contributed by atoms with Gasteiger partial charge in [-0.15, -0.1) is 0 Å². The molecule has 1 atom stereocenters. The Morgan fingerprint density at radius 1 is 1.19 bits per heavy atom. The number of nitrogens with two attached hydrogens (primary N) is 1. The maximum Gasteiger partial charge on any atom is 0.185 e. The quantitative estimate of drug-likeness (QED) is 0.885. The standard InChI is InChI=1S/C16H20N2O3/c1-11(17)12-5-4-6-13(9-12)21-10-14-16(20-3)15(19-2)7-8-18-14/h4-9,11H,10,17H2,1-3H3/t11-/m0/s1. The molecule has 1 aromatic carbocycles. The summed E-state index contributed by atoms with van der Waals surface area (Å²) in [4.78, 5) is 4.28. The number of benzene rings is 1. The van der Waals surface area contributed by atoms with Crippen LogP contribution >= 0.6 is 0 Å². The van der Waals surface area contributed by atoms with Crippen LogP contribution in [0.5, 0.6) is 17.2 Å². The van der Waals surface area contributed by atoms with Gasteiger partial charge in [-0.2, -0.15) is 0 Å². The summed E-state index contributed by atoms with van der Waals surface area (Å²) in [6.45, 7) is 2.23. The van der Waals surface area contributed by atoms with E-state index in [1.807, 2.05) is 31.2 Å². The lowest BCUT2D eigenvalue weighted by molar-refractivity contribution is 0.284.